The highest BCUT2D eigenvalue weighted by Gasteiger charge is 2.52. The minimum Gasteiger partial charge on any atom is -0.399 e. The SMILES string of the molecule is CCC(=O)[C@H](CC(C)(C)F)NC(c1ccc(B2OC(C)(C)C(C)(C)O2)c(F)c1)C(F)(F)F. The largest absolute Gasteiger partial charge is 0.497 e. The van der Waals surface area contributed by atoms with Crippen LogP contribution in [0.5, 0.6) is 0 Å². The van der Waals surface area contributed by atoms with E-state index in [1.807, 2.05) is 0 Å². The molecule has 1 aromatic carbocycles. The van der Waals surface area contributed by atoms with Crippen LogP contribution in [0.2, 0.25) is 0 Å². The molecular formula is C22H31BF5NO3. The van der Waals surface area contributed by atoms with Crippen molar-refractivity contribution in [3.63, 3.8) is 0 Å². The van der Waals surface area contributed by atoms with Gasteiger partial charge in [0.2, 0.25) is 0 Å². The molecule has 1 aromatic rings. The number of benzene rings is 1. The maximum Gasteiger partial charge on any atom is 0.497 e. The zero-order valence-electron chi connectivity index (χ0n) is 19.5. The first-order valence-electron chi connectivity index (χ1n) is 10.6. The van der Waals surface area contributed by atoms with Gasteiger partial charge in [0.1, 0.15) is 23.3 Å². The van der Waals surface area contributed by atoms with Gasteiger partial charge in [0, 0.05) is 18.3 Å². The van der Waals surface area contributed by atoms with Gasteiger partial charge in [-0.3, -0.25) is 10.1 Å². The van der Waals surface area contributed by atoms with Gasteiger partial charge in [0.05, 0.1) is 17.2 Å². The van der Waals surface area contributed by atoms with Crippen LogP contribution in [0.4, 0.5) is 22.0 Å². The highest BCUT2D eigenvalue weighted by molar-refractivity contribution is 6.62. The summed E-state index contributed by atoms with van der Waals surface area (Å²) in [5.74, 6) is -1.49. The molecule has 1 N–H and O–H groups in total. The van der Waals surface area contributed by atoms with Crippen molar-refractivity contribution in [3.05, 3.63) is 29.6 Å². The highest BCUT2D eigenvalue weighted by atomic mass is 19.4. The van der Waals surface area contributed by atoms with Crippen molar-refractivity contribution in [2.45, 2.75) is 96.4 Å². The van der Waals surface area contributed by atoms with E-state index in [1.165, 1.54) is 26.8 Å². The van der Waals surface area contributed by atoms with Crippen molar-refractivity contribution in [3.8, 4) is 0 Å². The van der Waals surface area contributed by atoms with Gasteiger partial charge in [-0.2, -0.15) is 13.2 Å². The first-order chi connectivity index (χ1) is 14.4. The lowest BCUT2D eigenvalue weighted by Crippen LogP contribution is -2.47. The van der Waals surface area contributed by atoms with Gasteiger partial charge in [-0.1, -0.05) is 19.1 Å². The number of ketones is 1. The van der Waals surface area contributed by atoms with E-state index in [-0.39, 0.29) is 11.9 Å². The third kappa shape index (κ3) is 6.08. The summed E-state index contributed by atoms with van der Waals surface area (Å²) in [4.78, 5) is 12.2. The van der Waals surface area contributed by atoms with Crippen LogP contribution < -0.4 is 10.8 Å². The number of nitrogens with one attached hydrogen (secondary N) is 1. The number of carbonyl (C=O) groups excluding carboxylic acids is 1. The Labute approximate surface area is 186 Å². The van der Waals surface area contributed by atoms with Crippen molar-refractivity contribution in [1.29, 1.82) is 0 Å². The second kappa shape index (κ2) is 9.03. The molecule has 0 saturated carbocycles. The van der Waals surface area contributed by atoms with E-state index in [1.54, 1.807) is 27.7 Å². The van der Waals surface area contributed by atoms with E-state index in [2.05, 4.69) is 5.32 Å². The zero-order chi connectivity index (χ0) is 24.7. The van der Waals surface area contributed by atoms with E-state index < -0.39 is 65.8 Å². The molecule has 1 aliphatic rings. The number of hydrogen-bond acceptors (Lipinski definition) is 4. The van der Waals surface area contributed by atoms with E-state index in [9.17, 15) is 26.7 Å². The smallest absolute Gasteiger partial charge is 0.399 e. The maximum absolute atomic E-state index is 14.9. The van der Waals surface area contributed by atoms with Gasteiger partial charge in [-0.05, 0) is 53.2 Å². The molecule has 4 nitrogen and oxygen atoms in total. The highest BCUT2D eigenvalue weighted by Crippen LogP contribution is 2.38. The molecule has 0 amide bonds. The van der Waals surface area contributed by atoms with Crippen LogP contribution in [-0.2, 0) is 14.1 Å². The van der Waals surface area contributed by atoms with Gasteiger partial charge in [0.25, 0.3) is 0 Å². The molecular weight excluding hydrogens is 432 g/mol. The standard InChI is InChI=1S/C22H31BF5NO3/c1-8-17(30)16(12-19(2,3)25)29-18(22(26,27)28)13-9-10-14(15(24)11-13)23-31-20(4,5)21(6,7)32-23/h9-11,16,18,29H,8,12H2,1-7H3/t16-,18?/m0/s1. The maximum atomic E-state index is 14.9. The second-order valence-corrected chi connectivity index (χ2v) is 9.81. The summed E-state index contributed by atoms with van der Waals surface area (Å²) in [5, 5.41) is 2.22. The predicted molar refractivity (Wildman–Crippen MR) is 113 cm³/mol. The minimum atomic E-state index is -4.84. The number of rotatable bonds is 8. The third-order valence-corrected chi connectivity index (χ3v) is 5.99. The molecule has 2 rings (SSSR count). The second-order valence-electron chi connectivity index (χ2n) is 9.81. The Balaban J connectivity index is 2.37. The average molecular weight is 463 g/mol. The Morgan fingerprint density at radius 1 is 1.09 bits per heavy atom. The number of alkyl halides is 4. The average Bonchev–Trinajstić information content (AvgIpc) is 2.82. The normalized spacial score (nSPS) is 20.3. The molecule has 10 heteroatoms. The van der Waals surface area contributed by atoms with Crippen molar-refractivity contribution in [1.82, 2.24) is 5.32 Å². The monoisotopic (exact) mass is 463 g/mol. The lowest BCUT2D eigenvalue weighted by molar-refractivity contribution is -0.161. The van der Waals surface area contributed by atoms with Crippen molar-refractivity contribution in [2.24, 2.45) is 0 Å². The van der Waals surface area contributed by atoms with Crippen LogP contribution in [0.15, 0.2) is 18.2 Å². The summed E-state index contributed by atoms with van der Waals surface area (Å²) in [6, 6.07) is -0.685. The molecule has 1 aliphatic heterocycles. The predicted octanol–water partition coefficient (Wildman–Crippen LogP) is 4.80. The summed E-state index contributed by atoms with van der Waals surface area (Å²) in [6.07, 6.45) is -5.35. The molecule has 1 heterocycles. The fourth-order valence-corrected chi connectivity index (χ4v) is 3.46. The molecule has 0 aliphatic carbocycles. The van der Waals surface area contributed by atoms with Gasteiger partial charge < -0.3 is 9.31 Å². The van der Waals surface area contributed by atoms with Crippen LogP contribution >= 0.6 is 0 Å². The Morgan fingerprint density at radius 2 is 1.62 bits per heavy atom. The quantitative estimate of drug-likeness (QED) is 0.445. The van der Waals surface area contributed by atoms with Crippen LogP contribution in [0, 0.1) is 5.82 Å². The van der Waals surface area contributed by atoms with E-state index in [0.29, 0.717) is 0 Å². The molecule has 1 unspecified atom stereocenters. The Morgan fingerprint density at radius 3 is 2.03 bits per heavy atom. The first kappa shape index (κ1) is 26.7. The molecule has 0 spiro atoms. The molecule has 1 saturated heterocycles. The number of hydrogen-bond donors (Lipinski definition) is 1. The molecule has 32 heavy (non-hydrogen) atoms. The lowest BCUT2D eigenvalue weighted by atomic mass is 9.78. The van der Waals surface area contributed by atoms with E-state index in [0.717, 1.165) is 12.1 Å². The molecule has 1 fully saturated rings. The topological polar surface area (TPSA) is 47.6 Å². The fourth-order valence-electron chi connectivity index (χ4n) is 3.46. The Hall–Kier alpha value is -1.52. The molecule has 2 atom stereocenters. The van der Waals surface area contributed by atoms with E-state index >= 15 is 0 Å². The first-order valence-corrected chi connectivity index (χ1v) is 10.6. The van der Waals surface area contributed by atoms with Gasteiger partial charge in [0.15, 0.2) is 0 Å². The Kier molecular flexibility index (Phi) is 7.54. The number of carbonyl (C=O) groups is 1. The molecule has 180 valence electrons. The third-order valence-electron chi connectivity index (χ3n) is 5.99. The summed E-state index contributed by atoms with van der Waals surface area (Å²) in [6.45, 7) is 11.0. The van der Waals surface area contributed by atoms with Crippen molar-refractivity contribution >= 4 is 18.4 Å². The molecule has 0 radical (unpaired) electrons. The summed E-state index contributed by atoms with van der Waals surface area (Å²) in [5.41, 5.74) is -3.82. The van der Waals surface area contributed by atoms with Gasteiger partial charge in [-0.25, -0.2) is 8.78 Å². The summed E-state index contributed by atoms with van der Waals surface area (Å²) >= 11 is 0. The summed E-state index contributed by atoms with van der Waals surface area (Å²) in [7, 11) is -1.08. The lowest BCUT2D eigenvalue weighted by Gasteiger charge is -2.32. The number of halogens is 5. The molecule has 0 bridgehead atoms. The number of Topliss-reactive ketones (excluding diaryl/α,β-unsaturated/α-hetero) is 1. The van der Waals surface area contributed by atoms with Crippen molar-refractivity contribution in [2.75, 3.05) is 0 Å². The van der Waals surface area contributed by atoms with Gasteiger partial charge in [-0.15, -0.1) is 0 Å². The summed E-state index contributed by atoms with van der Waals surface area (Å²) < 4.78 is 82.2. The fraction of sp³-hybridized carbons (Fsp3) is 0.682. The Bertz CT molecular complexity index is 820. The van der Waals surface area contributed by atoms with Crippen LogP contribution in [0.25, 0.3) is 0 Å². The van der Waals surface area contributed by atoms with Crippen LogP contribution in [-0.4, -0.2) is 42.0 Å². The van der Waals surface area contributed by atoms with Gasteiger partial charge >= 0.3 is 13.3 Å². The van der Waals surface area contributed by atoms with Crippen LogP contribution in [0.1, 0.15) is 72.9 Å². The van der Waals surface area contributed by atoms with Crippen LogP contribution in [0.3, 0.4) is 0 Å². The van der Waals surface area contributed by atoms with E-state index in [4.69, 9.17) is 9.31 Å². The molecule has 0 aromatic heterocycles. The zero-order valence-corrected chi connectivity index (χ0v) is 19.5. The van der Waals surface area contributed by atoms with Crippen molar-refractivity contribution < 1.29 is 36.1 Å². The minimum absolute atomic E-state index is 0.0283.